The van der Waals surface area contributed by atoms with Crippen LogP contribution < -0.4 is 5.32 Å². The summed E-state index contributed by atoms with van der Waals surface area (Å²) < 4.78 is 0. The van der Waals surface area contributed by atoms with Gasteiger partial charge in [-0.3, -0.25) is 9.98 Å². The van der Waals surface area contributed by atoms with Crippen molar-refractivity contribution in [2.24, 2.45) is 16.8 Å². The molecule has 2 heterocycles. The number of nitrogens with one attached hydrogen (secondary N) is 1. The molecule has 0 bridgehead atoms. The number of hydrogen-bond acceptors (Lipinski definition) is 3. The fourth-order valence-corrected chi connectivity index (χ4v) is 3.13. The molecule has 3 unspecified atom stereocenters. The second-order valence-corrected chi connectivity index (χ2v) is 6.34. The summed E-state index contributed by atoms with van der Waals surface area (Å²) in [5.74, 6) is 2.27. The molecule has 2 N–H and O–H groups in total. The van der Waals surface area contributed by atoms with E-state index in [1.54, 1.807) is 12.4 Å². The first-order valence-electron chi connectivity index (χ1n) is 8.21. The van der Waals surface area contributed by atoms with Crippen LogP contribution in [0.2, 0.25) is 0 Å². The molecular formula is C17H29IN4O. The maximum atomic E-state index is 10.3. The predicted molar refractivity (Wildman–Crippen MR) is 105 cm³/mol. The lowest BCUT2D eigenvalue weighted by Crippen LogP contribution is -2.48. The predicted octanol–water partition coefficient (Wildman–Crippen LogP) is 2.68. The van der Waals surface area contributed by atoms with Gasteiger partial charge in [0.2, 0.25) is 0 Å². The van der Waals surface area contributed by atoms with Crippen molar-refractivity contribution in [1.29, 1.82) is 0 Å². The maximum absolute atomic E-state index is 10.3. The fourth-order valence-electron chi connectivity index (χ4n) is 3.13. The third kappa shape index (κ3) is 6.25. The first kappa shape index (κ1) is 20.2. The number of aliphatic hydroxyl groups is 1. The average Bonchev–Trinajstić information content (AvgIpc) is 2.51. The number of aliphatic hydroxyl groups excluding tert-OH is 1. The van der Waals surface area contributed by atoms with Crippen LogP contribution >= 0.6 is 24.0 Å². The summed E-state index contributed by atoms with van der Waals surface area (Å²) in [7, 11) is 0. The van der Waals surface area contributed by atoms with Crippen molar-refractivity contribution in [3.05, 3.63) is 30.1 Å². The van der Waals surface area contributed by atoms with E-state index < -0.39 is 6.10 Å². The van der Waals surface area contributed by atoms with Gasteiger partial charge in [-0.15, -0.1) is 24.0 Å². The molecule has 3 atom stereocenters. The minimum absolute atomic E-state index is 0. The molecule has 0 aliphatic carbocycles. The highest BCUT2D eigenvalue weighted by Crippen LogP contribution is 2.21. The Labute approximate surface area is 156 Å². The van der Waals surface area contributed by atoms with Gasteiger partial charge in [-0.25, -0.2) is 0 Å². The van der Waals surface area contributed by atoms with Gasteiger partial charge in [0.1, 0.15) is 0 Å². The Balaban J connectivity index is 0.00000264. The monoisotopic (exact) mass is 432 g/mol. The fraction of sp³-hybridized carbons (Fsp3) is 0.647. The van der Waals surface area contributed by atoms with Crippen LogP contribution in [-0.4, -0.2) is 47.1 Å². The van der Waals surface area contributed by atoms with E-state index in [0.29, 0.717) is 18.4 Å². The van der Waals surface area contributed by atoms with Gasteiger partial charge in [0.25, 0.3) is 0 Å². The molecule has 0 amide bonds. The molecule has 1 aliphatic rings. The van der Waals surface area contributed by atoms with Gasteiger partial charge in [0.05, 0.1) is 12.6 Å². The van der Waals surface area contributed by atoms with Crippen molar-refractivity contribution in [2.75, 3.05) is 26.2 Å². The molecule has 0 aromatic carbocycles. The summed E-state index contributed by atoms with van der Waals surface area (Å²) in [5, 5.41) is 13.6. The van der Waals surface area contributed by atoms with E-state index in [2.05, 4.69) is 41.0 Å². The van der Waals surface area contributed by atoms with Crippen molar-refractivity contribution in [2.45, 2.75) is 33.3 Å². The Morgan fingerprint density at radius 2 is 1.96 bits per heavy atom. The number of piperidine rings is 1. The molecule has 6 heteroatoms. The standard InChI is InChI=1S/C17H28N4O.HI/c1-4-19-17(21-11-13(2)9-14(3)12-21)20-10-16(22)15-5-7-18-8-6-15;/h5-8,13-14,16,22H,4,9-12H2,1-3H3,(H,19,20);1H. The lowest BCUT2D eigenvalue weighted by Gasteiger charge is -2.37. The Kier molecular flexibility index (Phi) is 8.83. The van der Waals surface area contributed by atoms with Crippen LogP contribution in [-0.2, 0) is 0 Å². The van der Waals surface area contributed by atoms with Crippen LogP contribution in [0, 0.1) is 11.8 Å². The van der Waals surface area contributed by atoms with Gasteiger partial charge in [-0.2, -0.15) is 0 Å². The van der Waals surface area contributed by atoms with Gasteiger partial charge in [0, 0.05) is 32.0 Å². The van der Waals surface area contributed by atoms with E-state index in [4.69, 9.17) is 0 Å². The van der Waals surface area contributed by atoms with Gasteiger partial charge < -0.3 is 15.3 Å². The van der Waals surface area contributed by atoms with Crippen LogP contribution in [0.25, 0.3) is 0 Å². The largest absolute Gasteiger partial charge is 0.386 e. The minimum atomic E-state index is -0.587. The number of nitrogens with zero attached hydrogens (tertiary/aromatic N) is 3. The van der Waals surface area contributed by atoms with Gasteiger partial charge in [-0.1, -0.05) is 13.8 Å². The Morgan fingerprint density at radius 3 is 2.52 bits per heavy atom. The second kappa shape index (κ2) is 10.1. The lowest BCUT2D eigenvalue weighted by atomic mass is 9.92. The quantitative estimate of drug-likeness (QED) is 0.437. The molecule has 1 aliphatic heterocycles. The molecule has 1 aromatic heterocycles. The van der Waals surface area contributed by atoms with Crippen LogP contribution in [0.15, 0.2) is 29.5 Å². The van der Waals surface area contributed by atoms with Crippen LogP contribution in [0.1, 0.15) is 38.9 Å². The highest BCUT2D eigenvalue weighted by Gasteiger charge is 2.24. The van der Waals surface area contributed by atoms with Crippen molar-refractivity contribution < 1.29 is 5.11 Å². The van der Waals surface area contributed by atoms with E-state index in [-0.39, 0.29) is 24.0 Å². The summed E-state index contributed by atoms with van der Waals surface area (Å²) in [5.41, 5.74) is 0.856. The molecule has 130 valence electrons. The van der Waals surface area contributed by atoms with Crippen molar-refractivity contribution in [3.63, 3.8) is 0 Å². The molecule has 23 heavy (non-hydrogen) atoms. The normalized spacial score (nSPS) is 23.1. The Morgan fingerprint density at radius 1 is 1.35 bits per heavy atom. The highest BCUT2D eigenvalue weighted by atomic mass is 127. The molecule has 5 nitrogen and oxygen atoms in total. The van der Waals surface area contributed by atoms with Crippen LogP contribution in [0.4, 0.5) is 0 Å². The number of aromatic nitrogens is 1. The Hall–Kier alpha value is -0.890. The first-order chi connectivity index (χ1) is 10.6. The smallest absolute Gasteiger partial charge is 0.194 e. The van der Waals surface area contributed by atoms with Crippen molar-refractivity contribution in [1.82, 2.24) is 15.2 Å². The van der Waals surface area contributed by atoms with Gasteiger partial charge in [0.15, 0.2) is 5.96 Å². The minimum Gasteiger partial charge on any atom is -0.386 e. The number of rotatable bonds is 4. The van der Waals surface area contributed by atoms with E-state index in [9.17, 15) is 5.11 Å². The highest BCUT2D eigenvalue weighted by molar-refractivity contribution is 14.0. The summed E-state index contributed by atoms with van der Waals surface area (Å²) in [6, 6.07) is 3.66. The number of pyridine rings is 1. The average molecular weight is 432 g/mol. The summed E-state index contributed by atoms with van der Waals surface area (Å²) in [6.45, 7) is 9.92. The van der Waals surface area contributed by atoms with E-state index in [1.165, 1.54) is 6.42 Å². The third-order valence-electron chi connectivity index (χ3n) is 4.01. The van der Waals surface area contributed by atoms with E-state index in [0.717, 1.165) is 31.2 Å². The maximum Gasteiger partial charge on any atom is 0.194 e. The molecule has 0 saturated carbocycles. The van der Waals surface area contributed by atoms with Crippen LogP contribution in [0.3, 0.4) is 0 Å². The second-order valence-electron chi connectivity index (χ2n) is 6.34. The molecular weight excluding hydrogens is 403 g/mol. The summed E-state index contributed by atoms with van der Waals surface area (Å²) >= 11 is 0. The zero-order chi connectivity index (χ0) is 15.9. The van der Waals surface area contributed by atoms with E-state index >= 15 is 0 Å². The van der Waals surface area contributed by atoms with Gasteiger partial charge >= 0.3 is 0 Å². The zero-order valence-corrected chi connectivity index (χ0v) is 16.6. The first-order valence-corrected chi connectivity index (χ1v) is 8.21. The van der Waals surface area contributed by atoms with Crippen molar-refractivity contribution >= 4 is 29.9 Å². The molecule has 1 aromatic rings. The van der Waals surface area contributed by atoms with Crippen LogP contribution in [0.5, 0.6) is 0 Å². The molecule has 2 rings (SSSR count). The van der Waals surface area contributed by atoms with Gasteiger partial charge in [-0.05, 0) is 42.9 Å². The number of likely N-dealkylation sites (tertiary alicyclic amines) is 1. The number of halogens is 1. The molecule has 1 fully saturated rings. The molecule has 0 radical (unpaired) electrons. The lowest BCUT2D eigenvalue weighted by molar-refractivity contribution is 0.183. The van der Waals surface area contributed by atoms with E-state index in [1.807, 2.05) is 12.1 Å². The molecule has 0 spiro atoms. The summed E-state index contributed by atoms with van der Waals surface area (Å²) in [6.07, 6.45) is 4.08. The number of aliphatic imine (C=N–C) groups is 1. The number of guanidine groups is 1. The summed E-state index contributed by atoms with van der Waals surface area (Å²) in [4.78, 5) is 10.9. The zero-order valence-electron chi connectivity index (χ0n) is 14.3. The molecule has 1 saturated heterocycles. The topological polar surface area (TPSA) is 60.8 Å². The third-order valence-corrected chi connectivity index (χ3v) is 4.01. The Bertz CT molecular complexity index is 473. The number of hydrogen-bond donors (Lipinski definition) is 2. The SMILES string of the molecule is CCNC(=NCC(O)c1ccncc1)N1CC(C)CC(C)C1.I. The van der Waals surface area contributed by atoms with Crippen molar-refractivity contribution in [3.8, 4) is 0 Å².